The molecule has 0 radical (unpaired) electrons. The highest BCUT2D eigenvalue weighted by Gasteiger charge is 2.06. The van der Waals surface area contributed by atoms with Crippen LogP contribution in [0.4, 0.5) is 11.9 Å². The lowest BCUT2D eigenvalue weighted by Crippen LogP contribution is -2.13. The van der Waals surface area contributed by atoms with Gasteiger partial charge in [-0.25, -0.2) is 19.9 Å². The first-order valence-electron chi connectivity index (χ1n) is 15.5. The van der Waals surface area contributed by atoms with E-state index in [-0.39, 0.29) is 0 Å². The van der Waals surface area contributed by atoms with E-state index in [1.807, 2.05) is 60.7 Å². The van der Waals surface area contributed by atoms with Gasteiger partial charge in [0.05, 0.1) is 29.6 Å². The summed E-state index contributed by atoms with van der Waals surface area (Å²) in [7, 11) is 0. The van der Waals surface area contributed by atoms with Crippen LogP contribution in [0, 0.1) is 11.3 Å². The summed E-state index contributed by atoms with van der Waals surface area (Å²) in [5, 5.41) is 15.1. The van der Waals surface area contributed by atoms with Crippen LogP contribution in [0.5, 0.6) is 5.75 Å². The first-order chi connectivity index (χ1) is 24.4. The molecule has 2 heterocycles. The van der Waals surface area contributed by atoms with E-state index in [9.17, 15) is 9.59 Å². The molecule has 0 bridgehead atoms. The zero-order valence-electron chi connectivity index (χ0n) is 26.9. The number of carbonyl (C=O) groups excluding carboxylic acids is 2. The lowest BCUT2D eigenvalue weighted by molar-refractivity contribution is 0.0992. The fraction of sp³-hybridized carbons (Fsp3) is 0.0789. The number of amides is 2. The van der Waals surface area contributed by atoms with Gasteiger partial charge in [-0.3, -0.25) is 9.59 Å². The van der Waals surface area contributed by atoms with Gasteiger partial charge < -0.3 is 26.8 Å². The molecule has 6 aromatic rings. The monoisotopic (exact) mass is 663 g/mol. The summed E-state index contributed by atoms with van der Waals surface area (Å²) in [6, 6.07) is 36.6. The molecule has 6 N–H and O–H groups in total. The Hall–Kier alpha value is -7.13. The standard InChI is InChI=1S/C19H15N5O.C19H18N4O2/c20-11-13-1-3-14(4-2-13)12-23-19-22-10-9-17(24-19)15-5-7-16(8-6-15)18(21)25;20-18(24)15-8-6-14(7-9-15)17-10-11-21-19(23-17)22-12-13-25-16-4-2-1-3-5-16/h1-10H,12H2,(H2,21,25)(H,22,23,24);1-11H,12-13H2,(H2,20,24)(H,21,22,23). The number of primary amides is 2. The maximum absolute atomic E-state index is 11.1. The lowest BCUT2D eigenvalue weighted by atomic mass is 10.1. The third-order valence-corrected chi connectivity index (χ3v) is 7.17. The maximum Gasteiger partial charge on any atom is 0.248 e. The molecule has 12 heteroatoms. The smallest absolute Gasteiger partial charge is 0.248 e. The van der Waals surface area contributed by atoms with E-state index in [1.165, 1.54) is 0 Å². The van der Waals surface area contributed by atoms with Crippen LogP contribution < -0.4 is 26.8 Å². The molecule has 248 valence electrons. The Morgan fingerprint density at radius 1 is 0.660 bits per heavy atom. The van der Waals surface area contributed by atoms with Crippen LogP contribution in [-0.2, 0) is 6.54 Å². The van der Waals surface area contributed by atoms with Crippen LogP contribution in [-0.4, -0.2) is 44.9 Å². The van der Waals surface area contributed by atoms with Crippen molar-refractivity contribution >= 4 is 23.7 Å². The lowest BCUT2D eigenvalue weighted by Gasteiger charge is -2.08. The molecule has 6 rings (SSSR count). The minimum absolute atomic E-state index is 0.449. The maximum atomic E-state index is 11.1. The van der Waals surface area contributed by atoms with E-state index < -0.39 is 11.8 Å². The van der Waals surface area contributed by atoms with Crippen molar-refractivity contribution in [3.63, 3.8) is 0 Å². The molecule has 0 saturated carbocycles. The van der Waals surface area contributed by atoms with Crippen molar-refractivity contribution in [2.45, 2.75) is 6.54 Å². The van der Waals surface area contributed by atoms with Gasteiger partial charge in [0, 0.05) is 41.2 Å². The zero-order valence-corrected chi connectivity index (χ0v) is 26.9. The largest absolute Gasteiger partial charge is 0.492 e. The van der Waals surface area contributed by atoms with Crippen molar-refractivity contribution in [3.8, 4) is 34.3 Å². The van der Waals surface area contributed by atoms with Crippen molar-refractivity contribution < 1.29 is 14.3 Å². The van der Waals surface area contributed by atoms with Gasteiger partial charge in [0.25, 0.3) is 0 Å². The molecular weight excluding hydrogens is 630 g/mol. The minimum Gasteiger partial charge on any atom is -0.492 e. The van der Waals surface area contributed by atoms with Crippen LogP contribution in [0.3, 0.4) is 0 Å². The van der Waals surface area contributed by atoms with Crippen LogP contribution in [0.2, 0.25) is 0 Å². The second kappa shape index (κ2) is 17.1. The summed E-state index contributed by atoms with van der Waals surface area (Å²) in [4.78, 5) is 39.6. The van der Waals surface area contributed by atoms with Gasteiger partial charge >= 0.3 is 0 Å². The molecule has 0 aliphatic carbocycles. The third-order valence-electron chi connectivity index (χ3n) is 7.17. The van der Waals surface area contributed by atoms with Crippen molar-refractivity contribution in [1.29, 1.82) is 5.26 Å². The second-order valence-corrected chi connectivity index (χ2v) is 10.7. The summed E-state index contributed by atoms with van der Waals surface area (Å²) < 4.78 is 5.62. The van der Waals surface area contributed by atoms with E-state index in [2.05, 4.69) is 36.6 Å². The van der Waals surface area contributed by atoms with Crippen molar-refractivity contribution in [2.75, 3.05) is 23.8 Å². The first kappa shape index (κ1) is 34.2. The van der Waals surface area contributed by atoms with E-state index in [1.54, 1.807) is 67.0 Å². The molecule has 12 nitrogen and oxygen atoms in total. The Morgan fingerprint density at radius 2 is 1.18 bits per heavy atom. The Labute approximate surface area is 288 Å². The summed E-state index contributed by atoms with van der Waals surface area (Å²) >= 11 is 0. The number of para-hydroxylation sites is 1. The average molecular weight is 664 g/mol. The number of nitrogens with one attached hydrogen (secondary N) is 2. The van der Waals surface area contributed by atoms with E-state index in [0.717, 1.165) is 33.8 Å². The number of hydrogen-bond donors (Lipinski definition) is 4. The number of rotatable bonds is 12. The predicted molar refractivity (Wildman–Crippen MR) is 191 cm³/mol. The van der Waals surface area contributed by atoms with Gasteiger partial charge in [-0.05, 0) is 66.2 Å². The number of ether oxygens (including phenoxy) is 1. The van der Waals surface area contributed by atoms with Gasteiger partial charge in [0.2, 0.25) is 23.7 Å². The SMILES string of the molecule is N#Cc1ccc(CNc2nccc(-c3ccc(C(N)=O)cc3)n2)cc1.NC(=O)c1ccc(-c2ccnc(NCCOc3ccccc3)n2)cc1. The van der Waals surface area contributed by atoms with E-state index in [0.29, 0.717) is 48.3 Å². The highest BCUT2D eigenvalue weighted by atomic mass is 16.5. The van der Waals surface area contributed by atoms with Crippen molar-refractivity contribution in [3.05, 3.63) is 150 Å². The van der Waals surface area contributed by atoms with Gasteiger partial charge in [-0.15, -0.1) is 0 Å². The third kappa shape index (κ3) is 9.93. The summed E-state index contributed by atoms with van der Waals surface area (Å²) in [6.45, 7) is 1.64. The number of carbonyl (C=O) groups is 2. The highest BCUT2D eigenvalue weighted by Crippen LogP contribution is 2.20. The molecule has 50 heavy (non-hydrogen) atoms. The molecule has 4 aromatic carbocycles. The highest BCUT2D eigenvalue weighted by molar-refractivity contribution is 5.93. The Bertz CT molecular complexity index is 2070. The number of nitriles is 1. The Kier molecular flexibility index (Phi) is 11.7. The van der Waals surface area contributed by atoms with E-state index in [4.69, 9.17) is 21.5 Å². The van der Waals surface area contributed by atoms with Crippen LogP contribution in [0.25, 0.3) is 22.5 Å². The molecule has 0 spiro atoms. The zero-order chi connectivity index (χ0) is 35.1. The number of aromatic nitrogens is 4. The molecule has 0 atom stereocenters. The van der Waals surface area contributed by atoms with Crippen molar-refractivity contribution in [2.24, 2.45) is 11.5 Å². The quantitative estimate of drug-likeness (QED) is 0.122. The van der Waals surface area contributed by atoms with Gasteiger partial charge in [-0.2, -0.15) is 5.26 Å². The number of benzene rings is 4. The summed E-state index contributed by atoms with van der Waals surface area (Å²) in [5.74, 6) is 0.941. The number of nitrogens with two attached hydrogens (primary N) is 2. The topological polar surface area (TPSA) is 195 Å². The number of nitrogens with zero attached hydrogens (tertiary/aromatic N) is 5. The molecule has 2 aromatic heterocycles. The summed E-state index contributed by atoms with van der Waals surface area (Å²) in [5.41, 5.74) is 16.3. The molecule has 0 fully saturated rings. The van der Waals surface area contributed by atoms with Gasteiger partial charge in [0.1, 0.15) is 12.4 Å². The van der Waals surface area contributed by atoms with Gasteiger partial charge in [-0.1, -0.05) is 54.6 Å². The van der Waals surface area contributed by atoms with Crippen LogP contribution >= 0.6 is 0 Å². The van der Waals surface area contributed by atoms with Crippen molar-refractivity contribution in [1.82, 2.24) is 19.9 Å². The molecule has 0 aliphatic heterocycles. The number of hydrogen-bond acceptors (Lipinski definition) is 10. The Balaban J connectivity index is 0.000000194. The minimum atomic E-state index is -0.459. The molecule has 0 aliphatic rings. The Morgan fingerprint density at radius 3 is 1.68 bits per heavy atom. The fourth-order valence-corrected chi connectivity index (χ4v) is 4.55. The van der Waals surface area contributed by atoms with Gasteiger partial charge in [0.15, 0.2) is 0 Å². The molecule has 0 saturated heterocycles. The normalized spacial score (nSPS) is 10.1. The van der Waals surface area contributed by atoms with Crippen LogP contribution in [0.15, 0.2) is 128 Å². The molecule has 0 unspecified atom stereocenters. The first-order valence-corrected chi connectivity index (χ1v) is 15.5. The average Bonchev–Trinajstić information content (AvgIpc) is 3.17. The summed E-state index contributed by atoms with van der Waals surface area (Å²) in [6.07, 6.45) is 3.36. The molecule has 2 amide bonds. The second-order valence-electron chi connectivity index (χ2n) is 10.7. The van der Waals surface area contributed by atoms with Crippen LogP contribution in [0.1, 0.15) is 31.8 Å². The van der Waals surface area contributed by atoms with E-state index >= 15 is 0 Å². The predicted octanol–water partition coefficient (Wildman–Crippen LogP) is 5.46. The fourth-order valence-electron chi connectivity index (χ4n) is 4.55. The number of anilines is 2. The molecular formula is C38H33N9O3.